The minimum atomic E-state index is -0.257. The molecule has 3 aromatic rings. The van der Waals surface area contributed by atoms with Crippen molar-refractivity contribution in [3.63, 3.8) is 0 Å². The quantitative estimate of drug-likeness (QED) is 0.687. The van der Waals surface area contributed by atoms with Crippen molar-refractivity contribution in [3.8, 4) is 0 Å². The molecule has 1 aromatic carbocycles. The van der Waals surface area contributed by atoms with Gasteiger partial charge in [-0.1, -0.05) is 24.3 Å². The number of nitrogens with one attached hydrogen (secondary N) is 2. The molecule has 5 nitrogen and oxygen atoms in total. The van der Waals surface area contributed by atoms with Gasteiger partial charge in [-0.25, -0.2) is 9.37 Å². The zero-order valence-corrected chi connectivity index (χ0v) is 14.2. The molecule has 0 bridgehead atoms. The minimum absolute atomic E-state index is 0.229. The van der Waals surface area contributed by atoms with Gasteiger partial charge in [-0.15, -0.1) is 0 Å². The Balaban J connectivity index is 1.48. The largest absolute Gasteiger partial charge is 0.366 e. The Morgan fingerprint density at radius 3 is 2.65 bits per heavy atom. The third kappa shape index (κ3) is 4.86. The van der Waals surface area contributed by atoms with E-state index < -0.39 is 0 Å². The second-order valence-corrected chi connectivity index (χ2v) is 5.74. The molecule has 0 atom stereocenters. The molecule has 0 unspecified atom stereocenters. The summed E-state index contributed by atoms with van der Waals surface area (Å²) in [6.07, 6.45) is 5.46. The van der Waals surface area contributed by atoms with E-state index in [0.717, 1.165) is 5.56 Å². The van der Waals surface area contributed by atoms with Gasteiger partial charge in [0.25, 0.3) is 5.91 Å². The van der Waals surface area contributed by atoms with E-state index >= 15 is 0 Å². The van der Waals surface area contributed by atoms with Crippen molar-refractivity contribution in [2.24, 2.45) is 0 Å². The fourth-order valence-electron chi connectivity index (χ4n) is 2.44. The second-order valence-electron chi connectivity index (χ2n) is 5.74. The first-order valence-electron chi connectivity index (χ1n) is 8.33. The lowest BCUT2D eigenvalue weighted by atomic mass is 10.1. The summed E-state index contributed by atoms with van der Waals surface area (Å²) in [6, 6.07) is 13.9. The molecule has 2 heterocycles. The SMILES string of the molecule is O=C(NCCc1ccccc1F)c1ccc(NCc2cccnc2)nc1. The fraction of sp³-hybridized carbons (Fsp3) is 0.150. The van der Waals surface area contributed by atoms with Gasteiger partial charge >= 0.3 is 0 Å². The molecule has 0 saturated heterocycles. The summed E-state index contributed by atoms with van der Waals surface area (Å²) in [7, 11) is 0. The Kier molecular flexibility index (Phi) is 5.88. The number of nitrogens with zero attached hydrogens (tertiary/aromatic N) is 2. The molecule has 26 heavy (non-hydrogen) atoms. The molecule has 2 aromatic heterocycles. The molecule has 0 spiro atoms. The molecule has 3 rings (SSSR count). The van der Waals surface area contributed by atoms with Gasteiger partial charge in [0.05, 0.1) is 5.56 Å². The zero-order valence-electron chi connectivity index (χ0n) is 14.2. The minimum Gasteiger partial charge on any atom is -0.366 e. The zero-order chi connectivity index (χ0) is 18.2. The number of benzene rings is 1. The predicted molar refractivity (Wildman–Crippen MR) is 98.2 cm³/mol. The van der Waals surface area contributed by atoms with Crippen LogP contribution in [-0.2, 0) is 13.0 Å². The molecule has 6 heteroatoms. The van der Waals surface area contributed by atoms with Crippen LogP contribution in [0.15, 0.2) is 67.1 Å². The van der Waals surface area contributed by atoms with Crippen LogP contribution in [0.2, 0.25) is 0 Å². The standard InChI is InChI=1S/C20H19FN4O/c21-18-6-2-1-5-16(18)9-11-23-20(26)17-7-8-19(25-14-17)24-13-15-4-3-10-22-12-15/h1-8,10,12,14H,9,11,13H2,(H,23,26)(H,24,25). The molecule has 0 aliphatic carbocycles. The predicted octanol–water partition coefficient (Wildman–Crippen LogP) is 3.20. The number of pyridine rings is 2. The van der Waals surface area contributed by atoms with Crippen molar-refractivity contribution in [2.45, 2.75) is 13.0 Å². The van der Waals surface area contributed by atoms with Gasteiger partial charge < -0.3 is 10.6 Å². The van der Waals surface area contributed by atoms with Crippen LogP contribution in [0.3, 0.4) is 0 Å². The number of carbonyl (C=O) groups excluding carboxylic acids is 1. The summed E-state index contributed by atoms with van der Waals surface area (Å²) in [4.78, 5) is 20.4. The van der Waals surface area contributed by atoms with E-state index in [0.29, 0.717) is 36.5 Å². The first-order valence-corrected chi connectivity index (χ1v) is 8.33. The summed E-state index contributed by atoms with van der Waals surface area (Å²) >= 11 is 0. The maximum absolute atomic E-state index is 13.5. The number of amides is 1. The van der Waals surface area contributed by atoms with Gasteiger partial charge in [0.2, 0.25) is 0 Å². The topological polar surface area (TPSA) is 66.9 Å². The summed E-state index contributed by atoms with van der Waals surface area (Å²) in [5.41, 5.74) is 2.09. The average molecular weight is 350 g/mol. The van der Waals surface area contributed by atoms with E-state index in [1.54, 1.807) is 42.7 Å². The molecular weight excluding hydrogens is 331 g/mol. The van der Waals surface area contributed by atoms with E-state index in [4.69, 9.17) is 0 Å². The van der Waals surface area contributed by atoms with E-state index in [1.807, 2.05) is 12.1 Å². The van der Waals surface area contributed by atoms with Gasteiger partial charge in [-0.2, -0.15) is 0 Å². The van der Waals surface area contributed by atoms with E-state index in [-0.39, 0.29) is 11.7 Å². The molecular formula is C20H19FN4O. The van der Waals surface area contributed by atoms with E-state index in [9.17, 15) is 9.18 Å². The molecule has 0 aliphatic heterocycles. The van der Waals surface area contributed by atoms with Crippen molar-refractivity contribution < 1.29 is 9.18 Å². The van der Waals surface area contributed by atoms with Crippen molar-refractivity contribution >= 4 is 11.7 Å². The first-order chi connectivity index (χ1) is 12.7. The van der Waals surface area contributed by atoms with Crippen molar-refractivity contribution in [3.05, 3.63) is 89.6 Å². The van der Waals surface area contributed by atoms with Crippen LogP contribution < -0.4 is 10.6 Å². The number of hydrogen-bond acceptors (Lipinski definition) is 4. The molecule has 0 aliphatic rings. The highest BCUT2D eigenvalue weighted by Crippen LogP contribution is 2.08. The van der Waals surface area contributed by atoms with Crippen molar-refractivity contribution in [1.82, 2.24) is 15.3 Å². The van der Waals surface area contributed by atoms with Crippen LogP contribution in [0.25, 0.3) is 0 Å². The highest BCUT2D eigenvalue weighted by molar-refractivity contribution is 5.94. The average Bonchev–Trinajstić information content (AvgIpc) is 2.69. The Labute approximate surface area is 151 Å². The number of hydrogen-bond donors (Lipinski definition) is 2. The van der Waals surface area contributed by atoms with E-state index in [1.165, 1.54) is 12.3 Å². The van der Waals surface area contributed by atoms with Crippen LogP contribution >= 0.6 is 0 Å². The van der Waals surface area contributed by atoms with Gasteiger partial charge in [-0.05, 0) is 41.8 Å². The summed E-state index contributed by atoms with van der Waals surface area (Å²) in [6.45, 7) is 0.968. The van der Waals surface area contributed by atoms with Crippen LogP contribution in [0.1, 0.15) is 21.5 Å². The third-order valence-corrected chi connectivity index (χ3v) is 3.86. The van der Waals surface area contributed by atoms with Crippen LogP contribution in [0.4, 0.5) is 10.2 Å². The van der Waals surface area contributed by atoms with Crippen molar-refractivity contribution in [1.29, 1.82) is 0 Å². The Morgan fingerprint density at radius 2 is 1.92 bits per heavy atom. The van der Waals surface area contributed by atoms with Gasteiger partial charge in [0.15, 0.2) is 0 Å². The maximum atomic E-state index is 13.5. The molecule has 0 fully saturated rings. The lowest BCUT2D eigenvalue weighted by molar-refractivity contribution is 0.0953. The second kappa shape index (κ2) is 8.71. The van der Waals surface area contributed by atoms with Crippen LogP contribution in [-0.4, -0.2) is 22.4 Å². The Hall–Kier alpha value is -3.28. The molecule has 132 valence electrons. The molecule has 0 saturated carbocycles. The maximum Gasteiger partial charge on any atom is 0.252 e. The molecule has 2 N–H and O–H groups in total. The van der Waals surface area contributed by atoms with Crippen molar-refractivity contribution in [2.75, 3.05) is 11.9 Å². The molecule has 1 amide bonds. The Bertz CT molecular complexity index is 853. The number of halogens is 1. The Morgan fingerprint density at radius 1 is 1.04 bits per heavy atom. The van der Waals surface area contributed by atoms with Gasteiger partial charge in [0, 0.05) is 31.7 Å². The highest BCUT2D eigenvalue weighted by Gasteiger charge is 2.07. The number of anilines is 1. The van der Waals surface area contributed by atoms with Crippen LogP contribution in [0, 0.1) is 5.82 Å². The van der Waals surface area contributed by atoms with Crippen LogP contribution in [0.5, 0.6) is 0 Å². The summed E-state index contributed by atoms with van der Waals surface area (Å²) in [5, 5.41) is 5.95. The lowest BCUT2D eigenvalue weighted by Crippen LogP contribution is -2.26. The van der Waals surface area contributed by atoms with E-state index in [2.05, 4.69) is 20.6 Å². The lowest BCUT2D eigenvalue weighted by Gasteiger charge is -2.08. The normalized spacial score (nSPS) is 10.3. The number of carbonyl (C=O) groups is 1. The number of aromatic nitrogens is 2. The number of rotatable bonds is 7. The fourth-order valence-corrected chi connectivity index (χ4v) is 2.44. The smallest absolute Gasteiger partial charge is 0.252 e. The summed E-state index contributed by atoms with van der Waals surface area (Å²) < 4.78 is 13.5. The summed E-state index contributed by atoms with van der Waals surface area (Å²) in [5.74, 6) is 0.192. The molecule has 0 radical (unpaired) electrons. The highest BCUT2D eigenvalue weighted by atomic mass is 19.1. The van der Waals surface area contributed by atoms with Gasteiger partial charge in [-0.3, -0.25) is 9.78 Å². The van der Waals surface area contributed by atoms with Gasteiger partial charge in [0.1, 0.15) is 11.6 Å². The third-order valence-electron chi connectivity index (χ3n) is 3.86. The monoisotopic (exact) mass is 350 g/mol. The first kappa shape index (κ1) is 17.5.